The molecule has 0 aliphatic rings. The van der Waals surface area contributed by atoms with Gasteiger partial charge >= 0.3 is 51.2 Å². The fraction of sp³-hybridized carbons (Fsp3) is 0. The number of rotatable bonds is 0. The molecule has 0 spiro atoms. The van der Waals surface area contributed by atoms with Crippen LogP contribution in [0.3, 0.4) is 0 Å². The zero-order valence-corrected chi connectivity index (χ0v) is 33.7. The number of hydrogen-bond acceptors (Lipinski definition) is 6. The zero-order valence-electron chi connectivity index (χ0n) is 30.2. The van der Waals surface area contributed by atoms with Crippen molar-refractivity contribution >= 4 is 65.4 Å². The second-order valence-electron chi connectivity index (χ2n) is 9.65. The van der Waals surface area contributed by atoms with Gasteiger partial charge in [-0.05, 0) is 36.4 Å². The van der Waals surface area contributed by atoms with Crippen LogP contribution in [0.4, 0.5) is 0 Å². The van der Waals surface area contributed by atoms with Crippen molar-refractivity contribution in [3.8, 4) is 0 Å². The Morgan fingerprint density at radius 3 is 0.492 bits per heavy atom. The van der Waals surface area contributed by atoms with Gasteiger partial charge in [-0.25, -0.2) is 0 Å². The van der Waals surface area contributed by atoms with E-state index in [0.29, 0.717) is 0 Å². The first-order chi connectivity index (χ1) is 20.8. The summed E-state index contributed by atoms with van der Waals surface area (Å²) in [6.45, 7) is 0. The quantitative estimate of drug-likeness (QED) is 0.123. The Morgan fingerprint density at radius 2 is 0.373 bits per heavy atom. The van der Waals surface area contributed by atoms with Gasteiger partial charge in [0.15, 0.2) is 0 Å². The molecule has 20 nitrogen and oxygen atoms in total. The number of pyridine rings is 6. The maximum absolute atomic E-state index is 4.35. The monoisotopic (exact) mass is 942 g/mol. The van der Waals surface area contributed by atoms with E-state index in [1.165, 1.54) is 0 Å². The Balaban J connectivity index is -0.0000000569. The van der Waals surface area contributed by atoms with Gasteiger partial charge in [0.1, 0.15) is 0 Å². The van der Waals surface area contributed by atoms with Crippen LogP contribution in [0.1, 0.15) is 0 Å². The summed E-state index contributed by atoms with van der Waals surface area (Å²) < 4.78 is 0. The van der Waals surface area contributed by atoms with Crippen LogP contribution in [-0.2, 0) is 100 Å². The number of benzene rings is 3. The van der Waals surface area contributed by atoms with Crippen molar-refractivity contribution < 1.29 is 128 Å². The maximum atomic E-state index is 4.35. The largest absolute Gasteiger partial charge is 5.00 e. The van der Waals surface area contributed by atoms with Crippen LogP contribution in [0.2, 0.25) is 0 Å². The average molecular weight is 943 g/mol. The number of hydrogen-bond donors (Lipinski definition) is 0. The molecule has 0 atom stereocenters. The van der Waals surface area contributed by atoms with E-state index in [4.69, 9.17) is 0 Å². The Bertz CT molecular complexity index is 1970. The summed E-state index contributed by atoms with van der Waals surface area (Å²) in [7, 11) is 0. The SMILES string of the molecule is O.O.O.O.O.[Cr+4].[Cr+5].[Ni+3].[O-2].[O-2].[O-2].[O-2].[O-2].[O-2].[O-2].[OH3+].[OH3+].c1cnc2c(c1)ccc1cccnc12.c1cnc2c(c1)ccc1cccnc12.c1cnc2c(c1)ccc1cccnc12. The molecule has 0 aliphatic carbocycles. The van der Waals surface area contributed by atoms with E-state index < -0.39 is 0 Å². The van der Waals surface area contributed by atoms with Gasteiger partial charge in [0.2, 0.25) is 0 Å². The third-order valence-corrected chi connectivity index (χ3v) is 7.03. The topological polar surface area (TPSA) is 500 Å². The van der Waals surface area contributed by atoms with E-state index in [1.54, 1.807) is 37.2 Å². The summed E-state index contributed by atoms with van der Waals surface area (Å²) in [4.78, 5) is 26.1. The minimum absolute atomic E-state index is 0. The molecular weight excluding hydrogens is 903 g/mol. The van der Waals surface area contributed by atoms with Crippen LogP contribution in [0.25, 0.3) is 65.4 Å². The fourth-order valence-corrected chi connectivity index (χ4v) is 5.04. The average Bonchev–Trinajstić information content (AvgIpc) is 3.09. The van der Waals surface area contributed by atoms with Crippen molar-refractivity contribution in [3.63, 3.8) is 0 Å². The van der Waals surface area contributed by atoms with E-state index in [9.17, 15) is 0 Å². The second-order valence-corrected chi connectivity index (χ2v) is 9.65. The minimum atomic E-state index is 0. The van der Waals surface area contributed by atoms with Gasteiger partial charge in [-0.2, -0.15) is 0 Å². The second kappa shape index (κ2) is 38.6. The molecule has 16 N–H and O–H groups in total. The molecule has 0 bridgehead atoms. The van der Waals surface area contributed by atoms with E-state index in [2.05, 4.69) is 103 Å². The smallest absolute Gasteiger partial charge is 2.00 e. The summed E-state index contributed by atoms with van der Waals surface area (Å²) in [6.07, 6.45) is 10.8. The molecule has 0 amide bonds. The van der Waals surface area contributed by atoms with Gasteiger partial charge in [0, 0.05) is 69.5 Å². The van der Waals surface area contributed by atoms with Gasteiger partial charge in [0.25, 0.3) is 0 Å². The molecule has 9 aromatic rings. The molecule has 0 fully saturated rings. The van der Waals surface area contributed by atoms with Crippen molar-refractivity contribution in [2.24, 2.45) is 0 Å². The Hall–Kier alpha value is -4.88. The molecule has 0 saturated carbocycles. The molecule has 59 heavy (non-hydrogen) atoms. The van der Waals surface area contributed by atoms with Gasteiger partial charge in [-0.3, -0.25) is 29.9 Å². The standard InChI is InChI=1S/3C12H8N2.2Cr.Ni.7H2O.7O/c3*1-3-9-5-6-10-4-2-8-14-12(10)11(9)13-7-1;;;;;;;;;;;;;;;;;/h3*1-8H;;;;7*1H2;;;;;;;/q;;;+4;+5;+3;;;;;;;;7*-2/p+2. The summed E-state index contributed by atoms with van der Waals surface area (Å²) in [6, 6.07) is 36.4. The van der Waals surface area contributed by atoms with Crippen molar-refractivity contribution in [3.05, 3.63) is 146 Å². The molecule has 0 aliphatic heterocycles. The van der Waals surface area contributed by atoms with Crippen LogP contribution < -0.4 is 0 Å². The van der Waals surface area contributed by atoms with E-state index in [1.807, 2.05) is 36.4 Å². The summed E-state index contributed by atoms with van der Waals surface area (Å²) in [5, 5.41) is 6.83. The normalized spacial score (nSPS) is 7.73. The Labute approximate surface area is 367 Å². The minimum Gasteiger partial charge on any atom is -2.00 e. The van der Waals surface area contributed by atoms with Crippen molar-refractivity contribution in [2.45, 2.75) is 0 Å². The van der Waals surface area contributed by atoms with Crippen molar-refractivity contribution in [1.82, 2.24) is 29.9 Å². The molecule has 9 rings (SSSR count). The Kier molecular flexibility index (Phi) is 53.8. The Morgan fingerprint density at radius 1 is 0.254 bits per heavy atom. The van der Waals surface area contributed by atoms with Crippen molar-refractivity contribution in [1.29, 1.82) is 0 Å². The summed E-state index contributed by atoms with van der Waals surface area (Å²) in [5.41, 5.74) is 5.86. The molecule has 6 aromatic heterocycles. The van der Waals surface area contributed by atoms with Crippen LogP contribution in [-0.4, -0.2) is 57.3 Å². The van der Waals surface area contributed by atoms with E-state index in [-0.39, 0.29) is 128 Å². The third-order valence-electron chi connectivity index (χ3n) is 7.03. The number of nitrogens with zero attached hydrogens (tertiary/aromatic N) is 6. The van der Waals surface area contributed by atoms with Crippen LogP contribution >= 0.6 is 0 Å². The predicted molar refractivity (Wildman–Crippen MR) is 204 cm³/mol. The molecular formula is C36H40Cr2N6NiO14. The molecule has 3 aromatic carbocycles. The van der Waals surface area contributed by atoms with Gasteiger partial charge in [-0.15, -0.1) is 0 Å². The molecule has 6 heterocycles. The van der Waals surface area contributed by atoms with Crippen LogP contribution in [0.15, 0.2) is 146 Å². The van der Waals surface area contributed by atoms with Gasteiger partial charge in [0.05, 0.1) is 33.1 Å². The van der Waals surface area contributed by atoms with E-state index in [0.717, 1.165) is 65.4 Å². The zero-order chi connectivity index (χ0) is 28.1. The summed E-state index contributed by atoms with van der Waals surface area (Å²) >= 11 is 0. The molecule has 0 saturated heterocycles. The van der Waals surface area contributed by atoms with E-state index >= 15 is 0 Å². The van der Waals surface area contributed by atoms with Gasteiger partial charge in [-0.1, -0.05) is 72.8 Å². The van der Waals surface area contributed by atoms with Crippen LogP contribution in [0, 0.1) is 0 Å². The molecule has 2 radical (unpaired) electrons. The molecule has 0 unspecified atom stereocenters. The van der Waals surface area contributed by atoms with Crippen molar-refractivity contribution in [2.75, 3.05) is 0 Å². The predicted octanol–water partition coefficient (Wildman–Crippen LogP) is 1.54. The van der Waals surface area contributed by atoms with Gasteiger partial charge < -0.3 is 76.7 Å². The summed E-state index contributed by atoms with van der Waals surface area (Å²) in [5.74, 6) is 0. The third kappa shape index (κ3) is 17.9. The van der Waals surface area contributed by atoms with Crippen LogP contribution in [0.5, 0.6) is 0 Å². The number of aromatic nitrogens is 6. The maximum Gasteiger partial charge on any atom is 5.00 e. The first-order valence-electron chi connectivity index (χ1n) is 13.6. The molecule has 23 heteroatoms. The first-order valence-corrected chi connectivity index (χ1v) is 13.6. The molecule has 320 valence electrons. The number of fused-ring (bicyclic) bond motifs is 9. The fourth-order valence-electron chi connectivity index (χ4n) is 5.04. The first kappa shape index (κ1) is 82.1.